The molecule has 78 valence electrons. The van der Waals surface area contributed by atoms with Gasteiger partial charge in [-0.05, 0) is 25.1 Å². The molecule has 0 radical (unpaired) electrons. The molecular formula is C10H13ClFNO. The van der Waals surface area contributed by atoms with Gasteiger partial charge in [-0.25, -0.2) is 4.39 Å². The van der Waals surface area contributed by atoms with Gasteiger partial charge in [-0.15, -0.1) is 12.4 Å². The van der Waals surface area contributed by atoms with Gasteiger partial charge in [-0.1, -0.05) is 12.1 Å². The fourth-order valence-corrected chi connectivity index (χ4v) is 1.45. The highest BCUT2D eigenvalue weighted by Gasteiger charge is 2.16. The maximum atomic E-state index is 13.1. The Morgan fingerprint density at radius 3 is 2.79 bits per heavy atom. The first-order valence-electron chi connectivity index (χ1n) is 4.48. The summed E-state index contributed by atoms with van der Waals surface area (Å²) < 4.78 is 18.6. The average Bonchev–Trinajstić information content (AvgIpc) is 2.61. The van der Waals surface area contributed by atoms with Gasteiger partial charge in [0.25, 0.3) is 0 Å². The van der Waals surface area contributed by atoms with Crippen LogP contribution < -0.4 is 10.1 Å². The van der Waals surface area contributed by atoms with Crippen molar-refractivity contribution in [2.45, 2.75) is 12.5 Å². The van der Waals surface area contributed by atoms with E-state index in [1.54, 1.807) is 18.2 Å². The van der Waals surface area contributed by atoms with Crippen molar-refractivity contribution < 1.29 is 9.13 Å². The summed E-state index contributed by atoms with van der Waals surface area (Å²) in [5.74, 6) is 0.0746. The Morgan fingerprint density at radius 2 is 2.14 bits per heavy atom. The van der Waals surface area contributed by atoms with E-state index in [0.29, 0.717) is 5.75 Å². The van der Waals surface area contributed by atoms with E-state index in [-0.39, 0.29) is 24.3 Å². The molecule has 1 saturated heterocycles. The molecule has 4 heteroatoms. The summed E-state index contributed by atoms with van der Waals surface area (Å²) in [6.07, 6.45) is 1.07. The first kappa shape index (κ1) is 11.3. The quantitative estimate of drug-likeness (QED) is 0.818. The standard InChI is InChI=1S/C10H12FNO.ClH/c11-9-3-1-2-4-10(9)13-8-5-6-12-7-8;/h1-4,8,12H,5-7H2;1H/t8-;/m1./s1. The summed E-state index contributed by atoms with van der Waals surface area (Å²) in [5.41, 5.74) is 0. The minimum Gasteiger partial charge on any atom is -0.486 e. The normalized spacial score (nSPS) is 20.2. The molecular weight excluding hydrogens is 205 g/mol. The van der Waals surface area contributed by atoms with Gasteiger partial charge in [-0.3, -0.25) is 0 Å². The van der Waals surface area contributed by atoms with E-state index in [0.717, 1.165) is 19.5 Å². The summed E-state index contributed by atoms with van der Waals surface area (Å²) in [6.45, 7) is 1.77. The van der Waals surface area contributed by atoms with Crippen LogP contribution in [0, 0.1) is 5.82 Å². The summed E-state index contributed by atoms with van der Waals surface area (Å²) in [6, 6.07) is 6.52. The largest absolute Gasteiger partial charge is 0.486 e. The predicted octanol–water partition coefficient (Wildman–Crippen LogP) is 1.99. The van der Waals surface area contributed by atoms with Crippen LogP contribution in [0.15, 0.2) is 24.3 Å². The monoisotopic (exact) mass is 217 g/mol. The zero-order valence-corrected chi connectivity index (χ0v) is 8.52. The minimum atomic E-state index is -0.283. The zero-order valence-electron chi connectivity index (χ0n) is 7.70. The molecule has 0 unspecified atom stereocenters. The molecule has 14 heavy (non-hydrogen) atoms. The van der Waals surface area contributed by atoms with Crippen molar-refractivity contribution >= 4 is 12.4 Å². The molecule has 1 heterocycles. The number of nitrogens with one attached hydrogen (secondary N) is 1. The van der Waals surface area contributed by atoms with Crippen molar-refractivity contribution in [1.29, 1.82) is 0 Å². The number of para-hydroxylation sites is 1. The third kappa shape index (κ3) is 2.59. The molecule has 1 aliphatic heterocycles. The third-order valence-electron chi connectivity index (χ3n) is 2.15. The highest BCUT2D eigenvalue weighted by molar-refractivity contribution is 5.85. The molecule has 0 saturated carbocycles. The lowest BCUT2D eigenvalue weighted by atomic mass is 10.3. The SMILES string of the molecule is Cl.Fc1ccccc1O[C@@H]1CCNC1. The molecule has 0 spiro atoms. The van der Waals surface area contributed by atoms with Gasteiger partial charge in [0, 0.05) is 6.54 Å². The lowest BCUT2D eigenvalue weighted by Gasteiger charge is -2.12. The molecule has 1 atom stereocenters. The van der Waals surface area contributed by atoms with Crippen LogP contribution in [0.5, 0.6) is 5.75 Å². The molecule has 2 rings (SSSR count). The van der Waals surface area contributed by atoms with Crippen LogP contribution in [-0.2, 0) is 0 Å². The molecule has 1 fully saturated rings. The summed E-state index contributed by atoms with van der Waals surface area (Å²) >= 11 is 0. The number of halogens is 2. The van der Waals surface area contributed by atoms with Gasteiger partial charge in [0.15, 0.2) is 11.6 Å². The first-order valence-corrected chi connectivity index (χ1v) is 4.48. The molecule has 2 nitrogen and oxygen atoms in total. The Balaban J connectivity index is 0.000000980. The number of hydrogen-bond donors (Lipinski definition) is 1. The smallest absolute Gasteiger partial charge is 0.165 e. The number of benzene rings is 1. The van der Waals surface area contributed by atoms with Gasteiger partial charge in [0.05, 0.1) is 0 Å². The van der Waals surface area contributed by atoms with Crippen LogP contribution >= 0.6 is 12.4 Å². The second-order valence-corrected chi connectivity index (χ2v) is 3.16. The van der Waals surface area contributed by atoms with Crippen LogP contribution in [0.3, 0.4) is 0 Å². The molecule has 1 aliphatic rings. The maximum Gasteiger partial charge on any atom is 0.165 e. The number of rotatable bonds is 2. The van der Waals surface area contributed by atoms with Crippen molar-refractivity contribution in [3.63, 3.8) is 0 Å². The lowest BCUT2D eigenvalue weighted by molar-refractivity contribution is 0.213. The molecule has 0 bridgehead atoms. The summed E-state index contributed by atoms with van der Waals surface area (Å²) in [7, 11) is 0. The van der Waals surface area contributed by atoms with Crippen LogP contribution in [0.2, 0.25) is 0 Å². The predicted molar refractivity (Wildman–Crippen MR) is 55.6 cm³/mol. The van der Waals surface area contributed by atoms with E-state index in [1.165, 1.54) is 6.07 Å². The Morgan fingerprint density at radius 1 is 1.36 bits per heavy atom. The van der Waals surface area contributed by atoms with Gasteiger partial charge in [0.1, 0.15) is 6.10 Å². The van der Waals surface area contributed by atoms with Gasteiger partial charge >= 0.3 is 0 Å². The topological polar surface area (TPSA) is 21.3 Å². The Bertz CT molecular complexity index is 289. The third-order valence-corrected chi connectivity index (χ3v) is 2.15. The van der Waals surface area contributed by atoms with Crippen molar-refractivity contribution in [2.24, 2.45) is 0 Å². The minimum absolute atomic E-state index is 0. The van der Waals surface area contributed by atoms with E-state index in [2.05, 4.69) is 5.32 Å². The fraction of sp³-hybridized carbons (Fsp3) is 0.400. The summed E-state index contributed by atoms with van der Waals surface area (Å²) in [5, 5.41) is 3.16. The molecule has 1 aromatic carbocycles. The van der Waals surface area contributed by atoms with Crippen LogP contribution in [0.1, 0.15) is 6.42 Å². The molecule has 0 aliphatic carbocycles. The first-order chi connectivity index (χ1) is 6.36. The van der Waals surface area contributed by atoms with E-state index in [9.17, 15) is 4.39 Å². The van der Waals surface area contributed by atoms with Crippen molar-refractivity contribution in [2.75, 3.05) is 13.1 Å². The lowest BCUT2D eigenvalue weighted by Crippen LogP contribution is -2.19. The van der Waals surface area contributed by atoms with Crippen molar-refractivity contribution in [3.05, 3.63) is 30.1 Å². The zero-order chi connectivity index (χ0) is 9.10. The van der Waals surface area contributed by atoms with Crippen LogP contribution in [0.25, 0.3) is 0 Å². The van der Waals surface area contributed by atoms with E-state index in [1.807, 2.05) is 0 Å². The molecule has 0 aromatic heterocycles. The van der Waals surface area contributed by atoms with Gasteiger partial charge < -0.3 is 10.1 Å². The number of ether oxygens (including phenoxy) is 1. The van der Waals surface area contributed by atoms with E-state index < -0.39 is 0 Å². The van der Waals surface area contributed by atoms with Crippen LogP contribution in [0.4, 0.5) is 4.39 Å². The van der Waals surface area contributed by atoms with Gasteiger partial charge in [-0.2, -0.15) is 0 Å². The average molecular weight is 218 g/mol. The van der Waals surface area contributed by atoms with Crippen molar-refractivity contribution in [3.8, 4) is 5.75 Å². The molecule has 0 amide bonds. The Hall–Kier alpha value is -0.800. The Kier molecular flexibility index (Phi) is 4.17. The Labute approximate surface area is 88.9 Å². The molecule has 1 N–H and O–H groups in total. The number of hydrogen-bond acceptors (Lipinski definition) is 2. The van der Waals surface area contributed by atoms with Gasteiger partial charge in [0.2, 0.25) is 0 Å². The fourth-order valence-electron chi connectivity index (χ4n) is 1.45. The highest BCUT2D eigenvalue weighted by Crippen LogP contribution is 2.18. The highest BCUT2D eigenvalue weighted by atomic mass is 35.5. The summed E-state index contributed by atoms with van der Waals surface area (Å²) in [4.78, 5) is 0. The van der Waals surface area contributed by atoms with E-state index >= 15 is 0 Å². The molecule has 1 aromatic rings. The second-order valence-electron chi connectivity index (χ2n) is 3.16. The van der Waals surface area contributed by atoms with Crippen LogP contribution in [-0.4, -0.2) is 19.2 Å². The maximum absolute atomic E-state index is 13.1. The second kappa shape index (κ2) is 5.17. The van der Waals surface area contributed by atoms with E-state index in [4.69, 9.17) is 4.74 Å². The van der Waals surface area contributed by atoms with Crippen molar-refractivity contribution in [1.82, 2.24) is 5.32 Å².